The lowest BCUT2D eigenvalue weighted by atomic mass is 10.0. The normalized spacial score (nSPS) is 12.1. The van der Waals surface area contributed by atoms with Gasteiger partial charge >= 0.3 is 0 Å². The molecule has 1 aromatic carbocycles. The fourth-order valence-corrected chi connectivity index (χ4v) is 2.12. The van der Waals surface area contributed by atoms with Gasteiger partial charge in [0, 0.05) is 5.69 Å². The zero-order valence-electron chi connectivity index (χ0n) is 15.1. The molecule has 0 saturated carbocycles. The zero-order valence-corrected chi connectivity index (χ0v) is 15.9. The number of nitrogens with one attached hydrogen (secondary N) is 1. The molecule has 6 heteroatoms. The van der Waals surface area contributed by atoms with Crippen molar-refractivity contribution in [1.29, 1.82) is 0 Å². The number of carbonyl (C=O) groups excluding carboxylic acids is 1. The van der Waals surface area contributed by atoms with E-state index < -0.39 is 6.04 Å². The summed E-state index contributed by atoms with van der Waals surface area (Å²) >= 11 is 0. The van der Waals surface area contributed by atoms with E-state index in [4.69, 9.17) is 15.2 Å². The number of benzene rings is 1. The van der Waals surface area contributed by atoms with Crippen molar-refractivity contribution in [2.75, 3.05) is 18.5 Å². The highest BCUT2D eigenvalue weighted by Crippen LogP contribution is 2.13. The Morgan fingerprint density at radius 3 is 2.54 bits per heavy atom. The molecule has 1 aromatic rings. The summed E-state index contributed by atoms with van der Waals surface area (Å²) < 4.78 is 11.0. The Kier molecular flexibility index (Phi) is 11.7. The van der Waals surface area contributed by atoms with Crippen molar-refractivity contribution in [2.24, 2.45) is 11.7 Å². The average Bonchev–Trinajstić information content (AvgIpc) is 2.46. The van der Waals surface area contributed by atoms with Gasteiger partial charge < -0.3 is 20.5 Å². The van der Waals surface area contributed by atoms with Crippen LogP contribution in [0.4, 0.5) is 5.69 Å². The molecule has 138 valence electrons. The molecule has 1 amide bonds. The maximum atomic E-state index is 12.0. The van der Waals surface area contributed by atoms with Crippen molar-refractivity contribution >= 4 is 24.0 Å². The van der Waals surface area contributed by atoms with Gasteiger partial charge in [-0.1, -0.05) is 26.0 Å². The monoisotopic (exact) mass is 358 g/mol. The first-order chi connectivity index (χ1) is 10.9. The van der Waals surface area contributed by atoms with E-state index in [0.29, 0.717) is 32.2 Å². The summed E-state index contributed by atoms with van der Waals surface area (Å²) in [6, 6.07) is 7.14. The molecular formula is C18H31ClN2O3. The highest BCUT2D eigenvalue weighted by molar-refractivity contribution is 5.94. The SMILES string of the molecule is CC(C)C[C@H](N)C(=O)Nc1cccc(COCCOC(C)C)c1.Cl. The second-order valence-corrected chi connectivity index (χ2v) is 6.40. The summed E-state index contributed by atoms with van der Waals surface area (Å²) in [6.07, 6.45) is 0.886. The molecular weight excluding hydrogens is 328 g/mol. The third kappa shape index (κ3) is 9.88. The van der Waals surface area contributed by atoms with E-state index in [1.165, 1.54) is 0 Å². The van der Waals surface area contributed by atoms with Crippen LogP contribution in [0.2, 0.25) is 0 Å². The molecule has 0 saturated heterocycles. The molecule has 0 unspecified atom stereocenters. The maximum absolute atomic E-state index is 12.0. The van der Waals surface area contributed by atoms with Crippen molar-refractivity contribution in [1.82, 2.24) is 0 Å². The number of ether oxygens (including phenoxy) is 2. The molecule has 0 spiro atoms. The third-order valence-electron chi connectivity index (χ3n) is 3.20. The van der Waals surface area contributed by atoms with Crippen molar-refractivity contribution < 1.29 is 14.3 Å². The highest BCUT2D eigenvalue weighted by Gasteiger charge is 2.15. The van der Waals surface area contributed by atoms with E-state index in [9.17, 15) is 4.79 Å². The van der Waals surface area contributed by atoms with Gasteiger partial charge in [-0.3, -0.25) is 4.79 Å². The van der Waals surface area contributed by atoms with Gasteiger partial charge in [0.05, 0.1) is 32.0 Å². The van der Waals surface area contributed by atoms with Gasteiger partial charge in [-0.2, -0.15) is 0 Å². The fourth-order valence-electron chi connectivity index (χ4n) is 2.12. The van der Waals surface area contributed by atoms with Gasteiger partial charge in [0.2, 0.25) is 5.91 Å². The minimum Gasteiger partial charge on any atom is -0.376 e. The number of amides is 1. The predicted octanol–water partition coefficient (Wildman–Crippen LogP) is 3.36. The van der Waals surface area contributed by atoms with Crippen LogP contribution in [0.3, 0.4) is 0 Å². The van der Waals surface area contributed by atoms with Crippen molar-refractivity contribution in [2.45, 2.75) is 52.9 Å². The molecule has 0 aromatic heterocycles. The van der Waals surface area contributed by atoms with Crippen LogP contribution in [0.25, 0.3) is 0 Å². The fraction of sp³-hybridized carbons (Fsp3) is 0.611. The Balaban J connectivity index is 0.00000529. The van der Waals surface area contributed by atoms with E-state index in [-0.39, 0.29) is 24.4 Å². The Morgan fingerprint density at radius 1 is 1.21 bits per heavy atom. The number of carbonyl (C=O) groups is 1. The van der Waals surface area contributed by atoms with E-state index in [2.05, 4.69) is 5.32 Å². The Morgan fingerprint density at radius 2 is 1.92 bits per heavy atom. The average molecular weight is 359 g/mol. The molecule has 5 nitrogen and oxygen atoms in total. The molecule has 1 rings (SSSR count). The Bertz CT molecular complexity index is 481. The lowest BCUT2D eigenvalue weighted by Crippen LogP contribution is -2.36. The van der Waals surface area contributed by atoms with Crippen LogP contribution >= 0.6 is 12.4 Å². The number of nitrogens with two attached hydrogens (primary N) is 1. The molecule has 0 radical (unpaired) electrons. The summed E-state index contributed by atoms with van der Waals surface area (Å²) in [4.78, 5) is 12.0. The predicted molar refractivity (Wildman–Crippen MR) is 100 cm³/mol. The molecule has 0 fully saturated rings. The first-order valence-electron chi connectivity index (χ1n) is 8.23. The topological polar surface area (TPSA) is 73.6 Å². The standard InChI is InChI=1S/C18H30N2O3.ClH/c1-13(2)10-17(19)18(21)20-16-7-5-6-15(11-16)12-22-8-9-23-14(3)4;/h5-7,11,13-14,17H,8-10,12,19H2,1-4H3,(H,20,21);1H/t17-;/m0./s1. The summed E-state index contributed by atoms with van der Waals surface area (Å²) in [5, 5.41) is 2.86. The van der Waals surface area contributed by atoms with E-state index in [1.807, 2.05) is 52.0 Å². The zero-order chi connectivity index (χ0) is 17.2. The number of anilines is 1. The quantitative estimate of drug-likeness (QED) is 0.629. The maximum Gasteiger partial charge on any atom is 0.241 e. The third-order valence-corrected chi connectivity index (χ3v) is 3.20. The van der Waals surface area contributed by atoms with Crippen LogP contribution in [0.5, 0.6) is 0 Å². The Hall–Kier alpha value is -1.14. The van der Waals surface area contributed by atoms with Crippen LogP contribution < -0.4 is 11.1 Å². The van der Waals surface area contributed by atoms with E-state index in [0.717, 1.165) is 11.3 Å². The number of halogens is 1. The lowest BCUT2D eigenvalue weighted by Gasteiger charge is -2.14. The molecule has 0 heterocycles. The first-order valence-corrected chi connectivity index (χ1v) is 8.23. The summed E-state index contributed by atoms with van der Waals surface area (Å²) in [7, 11) is 0. The van der Waals surface area contributed by atoms with Crippen LogP contribution in [-0.2, 0) is 20.9 Å². The number of rotatable bonds is 10. The van der Waals surface area contributed by atoms with Gasteiger partial charge in [0.25, 0.3) is 0 Å². The molecule has 0 aliphatic carbocycles. The van der Waals surface area contributed by atoms with Crippen LogP contribution in [0, 0.1) is 5.92 Å². The molecule has 1 atom stereocenters. The van der Waals surface area contributed by atoms with Gasteiger partial charge in [0.15, 0.2) is 0 Å². The molecule has 3 N–H and O–H groups in total. The molecule has 0 aliphatic heterocycles. The minimum absolute atomic E-state index is 0. The summed E-state index contributed by atoms with van der Waals surface area (Å²) in [5.41, 5.74) is 7.64. The largest absolute Gasteiger partial charge is 0.376 e. The second kappa shape index (κ2) is 12.3. The van der Waals surface area contributed by atoms with Crippen LogP contribution in [-0.4, -0.2) is 31.3 Å². The van der Waals surface area contributed by atoms with Crippen molar-refractivity contribution in [3.8, 4) is 0 Å². The number of hydrogen-bond acceptors (Lipinski definition) is 4. The summed E-state index contributed by atoms with van der Waals surface area (Å²) in [6.45, 7) is 9.71. The Labute approximate surface area is 151 Å². The first kappa shape index (κ1) is 22.9. The molecule has 24 heavy (non-hydrogen) atoms. The lowest BCUT2D eigenvalue weighted by molar-refractivity contribution is -0.117. The smallest absolute Gasteiger partial charge is 0.241 e. The van der Waals surface area contributed by atoms with E-state index in [1.54, 1.807) is 0 Å². The van der Waals surface area contributed by atoms with Gasteiger partial charge in [0.1, 0.15) is 0 Å². The van der Waals surface area contributed by atoms with Crippen molar-refractivity contribution in [3.63, 3.8) is 0 Å². The second-order valence-electron chi connectivity index (χ2n) is 6.40. The van der Waals surface area contributed by atoms with Crippen molar-refractivity contribution in [3.05, 3.63) is 29.8 Å². The highest BCUT2D eigenvalue weighted by atomic mass is 35.5. The number of hydrogen-bond donors (Lipinski definition) is 2. The summed E-state index contributed by atoms with van der Waals surface area (Å²) in [5.74, 6) is 0.241. The van der Waals surface area contributed by atoms with Crippen LogP contribution in [0.1, 0.15) is 39.7 Å². The van der Waals surface area contributed by atoms with Gasteiger partial charge in [-0.25, -0.2) is 0 Å². The van der Waals surface area contributed by atoms with Gasteiger partial charge in [-0.15, -0.1) is 12.4 Å². The minimum atomic E-state index is -0.483. The van der Waals surface area contributed by atoms with E-state index >= 15 is 0 Å². The van der Waals surface area contributed by atoms with Gasteiger partial charge in [-0.05, 0) is 43.9 Å². The molecule has 0 bridgehead atoms. The van der Waals surface area contributed by atoms with Crippen LogP contribution in [0.15, 0.2) is 24.3 Å². The molecule has 0 aliphatic rings.